The summed E-state index contributed by atoms with van der Waals surface area (Å²) >= 11 is 2.11. The second-order valence-electron chi connectivity index (χ2n) is 14.0. The molecule has 0 aromatic heterocycles. The summed E-state index contributed by atoms with van der Waals surface area (Å²) in [4.78, 5) is 24.2. The number of halogens is 1. The molecule has 6 unspecified atom stereocenters. The van der Waals surface area contributed by atoms with Gasteiger partial charge in [0.05, 0.1) is 17.8 Å². The molecule has 13 atom stereocenters. The van der Waals surface area contributed by atoms with E-state index in [2.05, 4.69) is 36.4 Å². The number of carbonyl (C=O) groups excluding carboxylic acids is 2. The summed E-state index contributed by atoms with van der Waals surface area (Å²) in [5.41, 5.74) is -0.563. The Morgan fingerprint density at radius 2 is 1.88 bits per heavy atom. The van der Waals surface area contributed by atoms with E-state index in [0.717, 1.165) is 50.5 Å². The van der Waals surface area contributed by atoms with Crippen molar-refractivity contribution in [1.82, 2.24) is 0 Å². The van der Waals surface area contributed by atoms with E-state index >= 15 is 0 Å². The van der Waals surface area contributed by atoms with Crippen LogP contribution in [0.2, 0.25) is 0 Å². The van der Waals surface area contributed by atoms with E-state index in [1.165, 1.54) is 6.92 Å². The molecule has 0 aromatic carbocycles. The molecule has 230 valence electrons. The standard InChI is InChI=1S/C31H45IO9/c1-16(33)39-23-14-31(36)21-6-5-18-12-19(40-25-13-22(37-4)27(35)28(32)41-25)7-9-29(18,2)20(21)8-10-30(31,3)26(23)17-11-24(34)38-15-17/h11,18-23,25-28,35-36H,5-10,12-15H2,1-4H3/t18-,19+,20?,21?,22?,23+,25?,26+,27?,28?,29+,30-,31+/m1/s1. The average Bonchev–Trinajstić information content (AvgIpc) is 3.42. The Hall–Kier alpha value is -0.790. The number of carbonyl (C=O) groups is 2. The summed E-state index contributed by atoms with van der Waals surface area (Å²) in [7, 11) is 1.62. The number of methoxy groups -OCH3 is 1. The Bertz CT molecular complexity index is 1080. The average molecular weight is 689 g/mol. The third-order valence-electron chi connectivity index (χ3n) is 12.2. The van der Waals surface area contributed by atoms with Gasteiger partial charge in [-0.1, -0.05) is 13.8 Å². The SMILES string of the molecule is COC1CC(O[C@H]2CC[C@]3(C)C4CC[C@]5(C)[C@@H](C6=CC(=O)OC6)[C@@H](OC(C)=O)C[C@]5(O)C4CC[C@@H]3C2)OC(I)C1O. The van der Waals surface area contributed by atoms with Crippen molar-refractivity contribution in [2.45, 2.75) is 119 Å². The first-order chi connectivity index (χ1) is 19.4. The van der Waals surface area contributed by atoms with Gasteiger partial charge < -0.3 is 33.9 Å². The van der Waals surface area contributed by atoms with E-state index in [-0.39, 0.29) is 58.4 Å². The molecule has 6 aliphatic rings. The van der Waals surface area contributed by atoms with Gasteiger partial charge in [-0.25, -0.2) is 4.79 Å². The van der Waals surface area contributed by atoms with Gasteiger partial charge in [-0.15, -0.1) is 0 Å². The van der Waals surface area contributed by atoms with Crippen LogP contribution in [0.5, 0.6) is 0 Å². The summed E-state index contributed by atoms with van der Waals surface area (Å²) in [5.74, 6) is 0.0119. The molecule has 0 bridgehead atoms. The molecule has 1 saturated heterocycles. The normalized spacial score (nSPS) is 51.2. The van der Waals surface area contributed by atoms with Crippen LogP contribution >= 0.6 is 22.6 Å². The lowest BCUT2D eigenvalue weighted by Crippen LogP contribution is -2.62. The Kier molecular flexibility index (Phi) is 8.10. The summed E-state index contributed by atoms with van der Waals surface area (Å²) in [6.07, 6.45) is 7.42. The number of rotatable bonds is 5. The molecule has 4 aliphatic carbocycles. The molecule has 2 heterocycles. The van der Waals surface area contributed by atoms with Gasteiger partial charge in [-0.2, -0.15) is 0 Å². The second-order valence-corrected chi connectivity index (χ2v) is 15.2. The number of cyclic esters (lactones) is 1. The molecule has 41 heavy (non-hydrogen) atoms. The van der Waals surface area contributed by atoms with Crippen LogP contribution in [0.15, 0.2) is 11.6 Å². The zero-order valence-electron chi connectivity index (χ0n) is 24.6. The van der Waals surface area contributed by atoms with Crippen LogP contribution in [0, 0.1) is 34.5 Å². The van der Waals surface area contributed by atoms with Gasteiger partial charge in [-0.3, -0.25) is 4.79 Å². The van der Waals surface area contributed by atoms with Gasteiger partial charge in [0, 0.05) is 44.3 Å². The van der Waals surface area contributed by atoms with Gasteiger partial charge in [-0.05, 0) is 96.3 Å². The quantitative estimate of drug-likeness (QED) is 0.191. The third kappa shape index (κ3) is 4.90. The first kappa shape index (κ1) is 30.2. The lowest BCUT2D eigenvalue weighted by atomic mass is 9.43. The van der Waals surface area contributed by atoms with Gasteiger partial charge in [0.2, 0.25) is 0 Å². The predicted octanol–water partition coefficient (Wildman–Crippen LogP) is 4.05. The maximum absolute atomic E-state index is 12.7. The van der Waals surface area contributed by atoms with Crippen molar-refractivity contribution >= 4 is 34.5 Å². The molecule has 10 heteroatoms. The molecule has 4 saturated carbocycles. The highest BCUT2D eigenvalue weighted by molar-refractivity contribution is 14.1. The summed E-state index contributed by atoms with van der Waals surface area (Å²) < 4.78 is 28.7. The fourth-order valence-corrected chi connectivity index (χ4v) is 11.0. The highest BCUT2D eigenvalue weighted by Crippen LogP contribution is 2.70. The number of fused-ring (bicyclic) bond motifs is 5. The molecule has 0 radical (unpaired) electrons. The minimum atomic E-state index is -0.990. The summed E-state index contributed by atoms with van der Waals surface area (Å²) in [6, 6.07) is 0. The third-order valence-corrected chi connectivity index (χ3v) is 13.2. The Balaban J connectivity index is 1.19. The molecule has 0 amide bonds. The van der Waals surface area contributed by atoms with Crippen molar-refractivity contribution in [1.29, 1.82) is 0 Å². The van der Waals surface area contributed by atoms with Crippen molar-refractivity contribution in [2.75, 3.05) is 13.7 Å². The fourth-order valence-electron chi connectivity index (χ4n) is 10.2. The smallest absolute Gasteiger partial charge is 0.331 e. The lowest BCUT2D eigenvalue weighted by Gasteiger charge is -2.63. The molecule has 6 rings (SSSR count). The Morgan fingerprint density at radius 3 is 2.56 bits per heavy atom. The van der Waals surface area contributed by atoms with E-state index in [1.54, 1.807) is 13.2 Å². The van der Waals surface area contributed by atoms with Crippen molar-refractivity contribution in [3.63, 3.8) is 0 Å². The second kappa shape index (κ2) is 11.0. The highest BCUT2D eigenvalue weighted by atomic mass is 127. The van der Waals surface area contributed by atoms with Crippen molar-refractivity contribution < 1.29 is 43.5 Å². The molecule has 2 aliphatic heterocycles. The topological polar surface area (TPSA) is 121 Å². The van der Waals surface area contributed by atoms with Crippen molar-refractivity contribution in [3.05, 3.63) is 11.6 Å². The maximum Gasteiger partial charge on any atom is 0.331 e. The summed E-state index contributed by atoms with van der Waals surface area (Å²) in [6.45, 7) is 6.19. The summed E-state index contributed by atoms with van der Waals surface area (Å²) in [5, 5.41) is 23.0. The first-order valence-electron chi connectivity index (χ1n) is 15.3. The number of ether oxygens (including phenoxy) is 5. The number of aliphatic hydroxyl groups is 2. The van der Waals surface area contributed by atoms with Gasteiger partial charge >= 0.3 is 11.9 Å². The highest BCUT2D eigenvalue weighted by Gasteiger charge is 2.71. The van der Waals surface area contributed by atoms with Gasteiger partial charge in [0.25, 0.3) is 0 Å². The largest absolute Gasteiger partial charge is 0.462 e. The number of aliphatic hydroxyl groups excluding tert-OH is 1. The van der Waals surface area contributed by atoms with Gasteiger partial charge in [0.15, 0.2) is 6.29 Å². The van der Waals surface area contributed by atoms with Crippen LogP contribution in [0.25, 0.3) is 0 Å². The van der Waals surface area contributed by atoms with E-state index in [9.17, 15) is 19.8 Å². The minimum absolute atomic E-state index is 0.0883. The first-order valence-corrected chi connectivity index (χ1v) is 16.6. The molecule has 5 fully saturated rings. The van der Waals surface area contributed by atoms with E-state index in [1.807, 2.05) is 0 Å². The molecule has 9 nitrogen and oxygen atoms in total. The van der Waals surface area contributed by atoms with Crippen molar-refractivity contribution in [2.24, 2.45) is 34.5 Å². The molecule has 2 N–H and O–H groups in total. The zero-order chi connectivity index (χ0) is 29.3. The van der Waals surface area contributed by atoms with Crippen LogP contribution in [0.4, 0.5) is 0 Å². The monoisotopic (exact) mass is 688 g/mol. The van der Waals surface area contributed by atoms with E-state index in [0.29, 0.717) is 24.7 Å². The fraction of sp³-hybridized carbons (Fsp3) is 0.871. The zero-order valence-corrected chi connectivity index (χ0v) is 26.7. The minimum Gasteiger partial charge on any atom is -0.462 e. The van der Waals surface area contributed by atoms with Crippen LogP contribution in [0.1, 0.15) is 78.6 Å². The number of alkyl halides is 1. The van der Waals surface area contributed by atoms with Crippen LogP contribution in [-0.4, -0.2) is 76.3 Å². The number of hydrogen-bond acceptors (Lipinski definition) is 9. The van der Waals surface area contributed by atoms with Crippen LogP contribution < -0.4 is 0 Å². The van der Waals surface area contributed by atoms with Crippen LogP contribution in [-0.2, 0) is 33.3 Å². The number of esters is 2. The van der Waals surface area contributed by atoms with E-state index in [4.69, 9.17) is 23.7 Å². The lowest BCUT2D eigenvalue weighted by molar-refractivity contribution is -0.257. The number of hydrogen-bond donors (Lipinski definition) is 2. The molecular weight excluding hydrogens is 643 g/mol. The maximum atomic E-state index is 12.7. The van der Waals surface area contributed by atoms with Gasteiger partial charge in [0.1, 0.15) is 22.9 Å². The van der Waals surface area contributed by atoms with Crippen LogP contribution in [0.3, 0.4) is 0 Å². The molecule has 0 aromatic rings. The Labute approximate surface area is 256 Å². The predicted molar refractivity (Wildman–Crippen MR) is 156 cm³/mol. The molecular formula is C31H45IO9. The Morgan fingerprint density at radius 1 is 1.10 bits per heavy atom. The van der Waals surface area contributed by atoms with Crippen molar-refractivity contribution in [3.8, 4) is 0 Å². The van der Waals surface area contributed by atoms with E-state index < -0.39 is 23.2 Å². The molecule has 0 spiro atoms.